The zero-order valence-corrected chi connectivity index (χ0v) is 18.8. The lowest BCUT2D eigenvalue weighted by Crippen LogP contribution is -2.48. The van der Waals surface area contributed by atoms with Crippen molar-refractivity contribution in [2.75, 3.05) is 49.3 Å². The van der Waals surface area contributed by atoms with Gasteiger partial charge in [-0.1, -0.05) is 12.1 Å². The van der Waals surface area contributed by atoms with Crippen molar-refractivity contribution in [2.45, 2.75) is 6.92 Å². The van der Waals surface area contributed by atoms with Crippen molar-refractivity contribution in [3.63, 3.8) is 0 Å². The second kappa shape index (κ2) is 9.15. The second-order valence-electron chi connectivity index (χ2n) is 6.70. The van der Waals surface area contributed by atoms with Crippen LogP contribution in [0.25, 0.3) is 0 Å². The number of carbonyl (C=O) groups excluding carboxylic acids is 1. The summed E-state index contributed by atoms with van der Waals surface area (Å²) in [4.78, 5) is 14.9. The van der Waals surface area contributed by atoms with E-state index in [1.807, 2.05) is 31.2 Å². The van der Waals surface area contributed by atoms with Crippen LogP contribution in [0.5, 0.6) is 5.75 Å². The largest absolute Gasteiger partial charge is 0.493 e. The van der Waals surface area contributed by atoms with Gasteiger partial charge in [0.2, 0.25) is 10.0 Å². The average Bonchev–Trinajstić information content (AvgIpc) is 2.69. The Labute approximate surface area is 179 Å². The van der Waals surface area contributed by atoms with Crippen molar-refractivity contribution in [3.05, 3.63) is 52.5 Å². The number of sulfonamides is 1. The van der Waals surface area contributed by atoms with Crippen molar-refractivity contribution in [1.29, 1.82) is 0 Å². The lowest BCUT2D eigenvalue weighted by molar-refractivity contribution is 0.102. The molecule has 0 radical (unpaired) electrons. The van der Waals surface area contributed by atoms with Gasteiger partial charge in [-0.25, -0.2) is 8.42 Å². The van der Waals surface area contributed by atoms with E-state index in [0.717, 1.165) is 10.2 Å². The van der Waals surface area contributed by atoms with Crippen LogP contribution < -0.4 is 15.0 Å². The highest BCUT2D eigenvalue weighted by Crippen LogP contribution is 2.29. The molecule has 0 aromatic heterocycles. The number of para-hydroxylation sites is 2. The van der Waals surface area contributed by atoms with Crippen LogP contribution in [0.4, 0.5) is 11.4 Å². The zero-order valence-electron chi connectivity index (χ0n) is 16.4. The van der Waals surface area contributed by atoms with Crippen molar-refractivity contribution in [1.82, 2.24) is 4.31 Å². The van der Waals surface area contributed by atoms with Crippen LogP contribution in [0, 0.1) is 0 Å². The molecule has 0 bridgehead atoms. The number of halogens is 1. The molecule has 3 rings (SSSR count). The Morgan fingerprint density at radius 1 is 1.14 bits per heavy atom. The van der Waals surface area contributed by atoms with E-state index in [4.69, 9.17) is 4.74 Å². The summed E-state index contributed by atoms with van der Waals surface area (Å²) in [5.74, 6) is 0.462. The molecule has 9 heteroatoms. The SMILES string of the molecule is CCOc1ccc(C(=O)Nc2ccccc2N2CCN(S(C)(=O)=O)CC2)cc1Br. The van der Waals surface area contributed by atoms with Gasteiger partial charge in [0.1, 0.15) is 5.75 Å². The minimum atomic E-state index is -3.19. The highest BCUT2D eigenvalue weighted by Gasteiger charge is 2.25. The zero-order chi connectivity index (χ0) is 21.0. The number of ether oxygens (including phenoxy) is 1. The number of hydrogen-bond donors (Lipinski definition) is 1. The van der Waals surface area contributed by atoms with E-state index >= 15 is 0 Å². The van der Waals surface area contributed by atoms with Crippen LogP contribution in [0.1, 0.15) is 17.3 Å². The van der Waals surface area contributed by atoms with Crippen LogP contribution in [-0.2, 0) is 10.0 Å². The molecule has 0 aliphatic carbocycles. The molecular formula is C20H24BrN3O4S. The first-order valence-electron chi connectivity index (χ1n) is 9.32. The van der Waals surface area contributed by atoms with Crippen molar-refractivity contribution in [2.24, 2.45) is 0 Å². The Kier molecular flexibility index (Phi) is 6.81. The Balaban J connectivity index is 1.74. The third kappa shape index (κ3) is 5.29. The predicted molar refractivity (Wildman–Crippen MR) is 118 cm³/mol. The van der Waals surface area contributed by atoms with Gasteiger partial charge in [0.15, 0.2) is 0 Å². The normalized spacial score (nSPS) is 15.2. The van der Waals surface area contributed by atoms with Gasteiger partial charge in [0.05, 0.1) is 28.7 Å². The van der Waals surface area contributed by atoms with E-state index in [2.05, 4.69) is 26.1 Å². The number of anilines is 2. The van der Waals surface area contributed by atoms with E-state index in [1.165, 1.54) is 10.6 Å². The third-order valence-corrected chi connectivity index (χ3v) is 6.62. The number of amides is 1. The van der Waals surface area contributed by atoms with Gasteiger partial charge in [-0.2, -0.15) is 4.31 Å². The molecular weight excluding hydrogens is 458 g/mol. The maximum absolute atomic E-state index is 12.8. The average molecular weight is 482 g/mol. The van der Waals surface area contributed by atoms with Gasteiger partial charge in [0, 0.05) is 31.7 Å². The van der Waals surface area contributed by atoms with Crippen molar-refractivity contribution >= 4 is 43.2 Å². The fourth-order valence-corrected chi connectivity index (χ4v) is 4.54. The topological polar surface area (TPSA) is 79.0 Å². The number of carbonyl (C=O) groups is 1. The van der Waals surface area contributed by atoms with Gasteiger partial charge in [-0.3, -0.25) is 4.79 Å². The van der Waals surface area contributed by atoms with Crippen LogP contribution >= 0.6 is 15.9 Å². The van der Waals surface area contributed by atoms with E-state index in [-0.39, 0.29) is 5.91 Å². The lowest BCUT2D eigenvalue weighted by atomic mass is 10.1. The number of nitrogens with one attached hydrogen (secondary N) is 1. The Morgan fingerprint density at radius 3 is 2.45 bits per heavy atom. The van der Waals surface area contributed by atoms with Crippen LogP contribution in [0.3, 0.4) is 0 Å². The molecule has 156 valence electrons. The standard InChI is InChI=1S/C20H24BrN3O4S/c1-3-28-19-9-8-15(14-16(19)21)20(25)22-17-6-4-5-7-18(17)23-10-12-24(13-11-23)29(2,26)27/h4-9,14H,3,10-13H2,1-2H3,(H,22,25). The fraction of sp³-hybridized carbons (Fsp3) is 0.350. The molecule has 0 atom stereocenters. The number of benzene rings is 2. The monoisotopic (exact) mass is 481 g/mol. The van der Waals surface area contributed by atoms with E-state index in [0.29, 0.717) is 49.8 Å². The summed E-state index contributed by atoms with van der Waals surface area (Å²) in [6.07, 6.45) is 1.23. The molecule has 2 aromatic carbocycles. The van der Waals surface area contributed by atoms with Gasteiger partial charge in [0.25, 0.3) is 5.91 Å². The summed E-state index contributed by atoms with van der Waals surface area (Å²) < 4.78 is 31.1. The predicted octanol–water partition coefficient (Wildman–Crippen LogP) is 3.18. The maximum Gasteiger partial charge on any atom is 0.255 e. The van der Waals surface area contributed by atoms with E-state index in [9.17, 15) is 13.2 Å². The molecule has 2 aromatic rings. The quantitative estimate of drug-likeness (QED) is 0.685. The van der Waals surface area contributed by atoms with Crippen LogP contribution in [0.15, 0.2) is 46.9 Å². The van der Waals surface area contributed by atoms with Crippen LogP contribution in [-0.4, -0.2) is 57.7 Å². The second-order valence-corrected chi connectivity index (χ2v) is 9.54. The minimum Gasteiger partial charge on any atom is -0.493 e. The molecule has 7 nitrogen and oxygen atoms in total. The third-order valence-electron chi connectivity index (χ3n) is 4.69. The summed E-state index contributed by atoms with van der Waals surface area (Å²) in [7, 11) is -3.19. The summed E-state index contributed by atoms with van der Waals surface area (Å²) in [5, 5.41) is 2.97. The first-order valence-corrected chi connectivity index (χ1v) is 12.0. The fourth-order valence-electron chi connectivity index (χ4n) is 3.22. The molecule has 0 saturated carbocycles. The highest BCUT2D eigenvalue weighted by molar-refractivity contribution is 9.10. The smallest absolute Gasteiger partial charge is 0.255 e. The Hall–Kier alpha value is -2.10. The van der Waals surface area contributed by atoms with Crippen molar-refractivity contribution in [3.8, 4) is 5.75 Å². The van der Waals surface area contributed by atoms with E-state index in [1.54, 1.807) is 18.2 Å². The molecule has 0 spiro atoms. The molecule has 29 heavy (non-hydrogen) atoms. The Bertz CT molecular complexity index is 989. The molecule has 1 amide bonds. The molecule has 0 unspecified atom stereocenters. The molecule has 1 fully saturated rings. The number of nitrogens with zero attached hydrogens (tertiary/aromatic N) is 2. The Morgan fingerprint density at radius 2 is 1.83 bits per heavy atom. The number of rotatable bonds is 6. The number of piperazine rings is 1. The lowest BCUT2D eigenvalue weighted by Gasteiger charge is -2.35. The van der Waals surface area contributed by atoms with Gasteiger partial charge < -0.3 is 15.0 Å². The van der Waals surface area contributed by atoms with Crippen molar-refractivity contribution < 1.29 is 17.9 Å². The van der Waals surface area contributed by atoms with Gasteiger partial charge in [-0.05, 0) is 53.2 Å². The van der Waals surface area contributed by atoms with Gasteiger partial charge >= 0.3 is 0 Å². The first-order chi connectivity index (χ1) is 13.8. The van der Waals surface area contributed by atoms with E-state index < -0.39 is 10.0 Å². The molecule has 1 saturated heterocycles. The first kappa shape index (κ1) is 21.6. The summed E-state index contributed by atoms with van der Waals surface area (Å²) in [5.41, 5.74) is 2.08. The van der Waals surface area contributed by atoms with Gasteiger partial charge in [-0.15, -0.1) is 0 Å². The maximum atomic E-state index is 12.8. The highest BCUT2D eigenvalue weighted by atomic mass is 79.9. The number of hydrogen-bond acceptors (Lipinski definition) is 5. The summed E-state index contributed by atoms with van der Waals surface area (Å²) in [6.45, 7) is 4.42. The molecule has 1 heterocycles. The summed E-state index contributed by atoms with van der Waals surface area (Å²) in [6, 6.07) is 12.8. The molecule has 1 aliphatic heterocycles. The van der Waals surface area contributed by atoms with Crippen LogP contribution in [0.2, 0.25) is 0 Å². The molecule has 1 N–H and O–H groups in total. The summed E-state index contributed by atoms with van der Waals surface area (Å²) >= 11 is 3.43. The minimum absolute atomic E-state index is 0.226. The molecule has 1 aliphatic rings.